The molecule has 0 spiro atoms. The van der Waals surface area contributed by atoms with Crippen molar-refractivity contribution in [2.24, 2.45) is 0 Å². The first-order valence-corrected chi connectivity index (χ1v) is 6.54. The van der Waals surface area contributed by atoms with Crippen LogP contribution < -0.4 is 5.73 Å². The molecule has 3 nitrogen and oxygen atoms in total. The second-order valence-corrected chi connectivity index (χ2v) is 6.01. The van der Waals surface area contributed by atoms with Gasteiger partial charge < -0.3 is 5.73 Å². The van der Waals surface area contributed by atoms with Gasteiger partial charge in [0.2, 0.25) is 0 Å². The molecule has 2 aromatic rings. The second-order valence-electron chi connectivity index (χ2n) is 6.01. The molecule has 0 fully saturated rings. The third kappa shape index (κ3) is 3.53. The number of aromatic nitrogens is 2. The average Bonchev–Trinajstić information content (AvgIpc) is 2.26. The van der Waals surface area contributed by atoms with Crippen LogP contribution in [0.2, 0.25) is 0 Å². The first kappa shape index (κ1) is 13.5. The van der Waals surface area contributed by atoms with E-state index < -0.39 is 0 Å². The molecular formula is C16H21N3. The van der Waals surface area contributed by atoms with Gasteiger partial charge in [-0.2, -0.15) is 0 Å². The maximum Gasteiger partial charge on any atom is 0.135 e. The summed E-state index contributed by atoms with van der Waals surface area (Å²) in [7, 11) is 0. The summed E-state index contributed by atoms with van der Waals surface area (Å²) in [5.74, 6) is 1.33. The number of nitrogen functional groups attached to an aromatic ring is 1. The minimum atomic E-state index is -0.0155. The largest absolute Gasteiger partial charge is 0.384 e. The molecule has 1 heterocycles. The van der Waals surface area contributed by atoms with Gasteiger partial charge in [0, 0.05) is 17.9 Å². The van der Waals surface area contributed by atoms with Crippen LogP contribution in [0.25, 0.3) is 0 Å². The fraction of sp³-hybridized carbons (Fsp3) is 0.375. The zero-order valence-electron chi connectivity index (χ0n) is 12.1. The number of hydrogen-bond donors (Lipinski definition) is 1. The molecular weight excluding hydrogens is 234 g/mol. The minimum absolute atomic E-state index is 0.0155. The smallest absolute Gasteiger partial charge is 0.135 e. The van der Waals surface area contributed by atoms with Gasteiger partial charge in [0.1, 0.15) is 11.6 Å². The topological polar surface area (TPSA) is 51.8 Å². The number of nitrogens with two attached hydrogens (primary N) is 1. The molecule has 0 saturated heterocycles. The van der Waals surface area contributed by atoms with Gasteiger partial charge in [-0.25, -0.2) is 9.97 Å². The molecule has 0 amide bonds. The van der Waals surface area contributed by atoms with Crippen molar-refractivity contribution in [3.05, 3.63) is 53.0 Å². The Morgan fingerprint density at radius 3 is 2.47 bits per heavy atom. The van der Waals surface area contributed by atoms with Crippen molar-refractivity contribution in [1.29, 1.82) is 0 Å². The van der Waals surface area contributed by atoms with Gasteiger partial charge in [-0.15, -0.1) is 0 Å². The van der Waals surface area contributed by atoms with Crippen molar-refractivity contribution in [3.63, 3.8) is 0 Å². The molecule has 19 heavy (non-hydrogen) atoms. The van der Waals surface area contributed by atoms with E-state index in [4.69, 9.17) is 5.73 Å². The van der Waals surface area contributed by atoms with Crippen LogP contribution >= 0.6 is 0 Å². The van der Waals surface area contributed by atoms with Gasteiger partial charge in [0.15, 0.2) is 0 Å². The quantitative estimate of drug-likeness (QED) is 0.896. The fourth-order valence-electron chi connectivity index (χ4n) is 1.99. The van der Waals surface area contributed by atoms with Crippen molar-refractivity contribution in [2.75, 3.05) is 5.73 Å². The van der Waals surface area contributed by atoms with E-state index in [-0.39, 0.29) is 5.41 Å². The number of aryl methyl sites for hydroxylation is 1. The van der Waals surface area contributed by atoms with Crippen LogP contribution in [0.4, 0.5) is 5.82 Å². The molecule has 0 aliphatic heterocycles. The van der Waals surface area contributed by atoms with Crippen LogP contribution in [0.5, 0.6) is 0 Å². The molecule has 3 heteroatoms. The van der Waals surface area contributed by atoms with Crippen LogP contribution in [-0.2, 0) is 11.8 Å². The molecule has 0 bridgehead atoms. The summed E-state index contributed by atoms with van der Waals surface area (Å²) in [6.45, 7) is 8.48. The maximum atomic E-state index is 5.89. The Morgan fingerprint density at radius 1 is 1.11 bits per heavy atom. The van der Waals surface area contributed by atoms with E-state index in [1.165, 1.54) is 11.1 Å². The van der Waals surface area contributed by atoms with Crippen molar-refractivity contribution in [1.82, 2.24) is 9.97 Å². The van der Waals surface area contributed by atoms with Gasteiger partial charge in [-0.3, -0.25) is 0 Å². The van der Waals surface area contributed by atoms with E-state index in [1.54, 1.807) is 0 Å². The SMILES string of the molecule is Cc1cccc(Cc2nc(N)cc(C(C)(C)C)n2)c1. The highest BCUT2D eigenvalue weighted by atomic mass is 14.9. The molecule has 0 aliphatic rings. The van der Waals surface area contributed by atoms with Gasteiger partial charge in [0.25, 0.3) is 0 Å². The van der Waals surface area contributed by atoms with Crippen LogP contribution in [0.3, 0.4) is 0 Å². The summed E-state index contributed by atoms with van der Waals surface area (Å²) in [4.78, 5) is 8.98. The Hall–Kier alpha value is -1.90. The van der Waals surface area contributed by atoms with Crippen LogP contribution in [-0.4, -0.2) is 9.97 Å². The lowest BCUT2D eigenvalue weighted by molar-refractivity contribution is 0.563. The Kier molecular flexibility index (Phi) is 3.56. The van der Waals surface area contributed by atoms with Gasteiger partial charge in [-0.05, 0) is 12.5 Å². The molecule has 0 unspecified atom stereocenters. The van der Waals surface area contributed by atoms with E-state index in [9.17, 15) is 0 Å². The van der Waals surface area contributed by atoms with Crippen LogP contribution in [0.1, 0.15) is 43.4 Å². The average molecular weight is 255 g/mol. The summed E-state index contributed by atoms with van der Waals surface area (Å²) in [5.41, 5.74) is 9.32. The Morgan fingerprint density at radius 2 is 1.84 bits per heavy atom. The number of hydrogen-bond acceptors (Lipinski definition) is 3. The molecule has 1 aromatic heterocycles. The van der Waals surface area contributed by atoms with Crippen LogP contribution in [0.15, 0.2) is 30.3 Å². The number of benzene rings is 1. The van der Waals surface area contributed by atoms with Crippen LogP contribution in [0, 0.1) is 6.92 Å². The van der Waals surface area contributed by atoms with E-state index in [0.717, 1.165) is 17.9 Å². The Labute approximate surface area is 114 Å². The zero-order chi connectivity index (χ0) is 14.0. The lowest BCUT2D eigenvalue weighted by Crippen LogP contribution is -2.16. The molecule has 0 aliphatic carbocycles. The minimum Gasteiger partial charge on any atom is -0.384 e. The molecule has 1 aromatic carbocycles. The second kappa shape index (κ2) is 5.00. The van der Waals surface area contributed by atoms with Gasteiger partial charge in [0.05, 0.1) is 5.69 Å². The number of anilines is 1. The van der Waals surface area contributed by atoms with E-state index >= 15 is 0 Å². The molecule has 0 radical (unpaired) electrons. The van der Waals surface area contributed by atoms with Gasteiger partial charge >= 0.3 is 0 Å². The highest BCUT2D eigenvalue weighted by molar-refractivity contribution is 5.34. The van der Waals surface area contributed by atoms with Crippen molar-refractivity contribution >= 4 is 5.82 Å². The Bertz CT molecular complexity index is 583. The molecule has 2 rings (SSSR count). The zero-order valence-corrected chi connectivity index (χ0v) is 12.1. The van der Waals surface area contributed by atoms with Crippen molar-refractivity contribution in [3.8, 4) is 0 Å². The summed E-state index contributed by atoms with van der Waals surface area (Å²) in [5, 5.41) is 0. The molecule has 0 atom stereocenters. The fourth-order valence-corrected chi connectivity index (χ4v) is 1.99. The molecule has 100 valence electrons. The third-order valence-corrected chi connectivity index (χ3v) is 3.01. The Balaban J connectivity index is 2.33. The summed E-state index contributed by atoms with van der Waals surface area (Å²) in [6, 6.07) is 10.3. The number of rotatable bonds is 2. The monoisotopic (exact) mass is 255 g/mol. The summed E-state index contributed by atoms with van der Waals surface area (Å²) in [6.07, 6.45) is 0.718. The molecule has 2 N–H and O–H groups in total. The highest BCUT2D eigenvalue weighted by Crippen LogP contribution is 2.22. The van der Waals surface area contributed by atoms with Gasteiger partial charge in [-0.1, -0.05) is 50.6 Å². The first-order chi connectivity index (χ1) is 8.84. The highest BCUT2D eigenvalue weighted by Gasteiger charge is 2.17. The lowest BCUT2D eigenvalue weighted by Gasteiger charge is -2.18. The van der Waals surface area contributed by atoms with E-state index in [2.05, 4.69) is 61.9 Å². The lowest BCUT2D eigenvalue weighted by atomic mass is 9.92. The predicted octanol–water partition coefficient (Wildman–Crippen LogP) is 3.26. The van der Waals surface area contributed by atoms with Crippen molar-refractivity contribution < 1.29 is 0 Å². The normalized spacial score (nSPS) is 11.6. The summed E-state index contributed by atoms with van der Waals surface area (Å²) < 4.78 is 0. The number of nitrogens with zero attached hydrogens (tertiary/aromatic N) is 2. The first-order valence-electron chi connectivity index (χ1n) is 6.54. The predicted molar refractivity (Wildman–Crippen MR) is 79.1 cm³/mol. The third-order valence-electron chi connectivity index (χ3n) is 3.01. The van der Waals surface area contributed by atoms with E-state index in [1.807, 2.05) is 6.07 Å². The molecule has 0 saturated carbocycles. The maximum absolute atomic E-state index is 5.89. The summed E-state index contributed by atoms with van der Waals surface area (Å²) >= 11 is 0. The van der Waals surface area contributed by atoms with Crippen molar-refractivity contribution in [2.45, 2.75) is 39.5 Å². The standard InChI is InChI=1S/C16H21N3/c1-11-6-5-7-12(8-11)9-15-18-13(16(2,3)4)10-14(17)19-15/h5-8,10H,9H2,1-4H3,(H2,17,18,19). The van der Waals surface area contributed by atoms with E-state index in [0.29, 0.717) is 5.82 Å².